The van der Waals surface area contributed by atoms with Crippen molar-refractivity contribution in [1.82, 2.24) is 4.90 Å². The molecule has 0 spiro atoms. The summed E-state index contributed by atoms with van der Waals surface area (Å²) in [5, 5.41) is 8.74. The van der Waals surface area contributed by atoms with Crippen LogP contribution in [0.4, 0.5) is 0 Å². The fraction of sp³-hybridized carbons (Fsp3) is 0.818. The summed E-state index contributed by atoms with van der Waals surface area (Å²) in [4.78, 5) is 23.9. The molecule has 4 nitrogen and oxygen atoms in total. The highest BCUT2D eigenvalue weighted by Gasteiger charge is 2.41. The van der Waals surface area contributed by atoms with E-state index in [-0.39, 0.29) is 18.2 Å². The number of rotatable bonds is 2. The number of carbonyl (C=O) groups is 2. The van der Waals surface area contributed by atoms with E-state index in [1.807, 2.05) is 11.9 Å². The lowest BCUT2D eigenvalue weighted by Crippen LogP contribution is -2.36. The highest BCUT2D eigenvalue weighted by Crippen LogP contribution is 2.39. The maximum Gasteiger partial charge on any atom is 0.303 e. The third kappa shape index (κ3) is 1.98. The van der Waals surface area contributed by atoms with E-state index in [1.165, 1.54) is 0 Å². The first-order valence-electron chi connectivity index (χ1n) is 5.55. The van der Waals surface area contributed by atoms with Gasteiger partial charge in [0.1, 0.15) is 0 Å². The summed E-state index contributed by atoms with van der Waals surface area (Å²) in [7, 11) is 1.84. The molecule has 3 atom stereocenters. The van der Waals surface area contributed by atoms with Crippen molar-refractivity contribution in [3.05, 3.63) is 0 Å². The lowest BCUT2D eigenvalue weighted by molar-refractivity contribution is -0.138. The first-order chi connectivity index (χ1) is 7.08. The standard InChI is InChI=1S/C11H17NO3/c1-12-9-4-7(5-11(14)15)2-3-8(9)6-10(12)13/h7-9H,2-6H2,1H3,(H,14,15). The first kappa shape index (κ1) is 10.5. The Balaban J connectivity index is 1.98. The summed E-state index contributed by atoms with van der Waals surface area (Å²) in [5.74, 6) is 0.246. The van der Waals surface area contributed by atoms with Crippen molar-refractivity contribution in [2.75, 3.05) is 7.05 Å². The number of fused-ring (bicyclic) bond motifs is 1. The van der Waals surface area contributed by atoms with Gasteiger partial charge in [-0.1, -0.05) is 0 Å². The summed E-state index contributed by atoms with van der Waals surface area (Å²) < 4.78 is 0. The van der Waals surface area contributed by atoms with Crippen LogP contribution in [-0.2, 0) is 9.59 Å². The van der Waals surface area contributed by atoms with Crippen molar-refractivity contribution in [3.63, 3.8) is 0 Å². The van der Waals surface area contributed by atoms with E-state index in [0.717, 1.165) is 19.3 Å². The number of hydrogen-bond donors (Lipinski definition) is 1. The summed E-state index contributed by atoms with van der Waals surface area (Å²) in [6.45, 7) is 0. The SMILES string of the molecule is CN1C(=O)CC2CCC(CC(=O)O)CC21. The minimum atomic E-state index is -0.717. The molecule has 15 heavy (non-hydrogen) atoms. The fourth-order valence-electron chi connectivity index (χ4n) is 2.99. The van der Waals surface area contributed by atoms with Crippen LogP contribution in [0.25, 0.3) is 0 Å². The third-order valence-corrected chi connectivity index (χ3v) is 3.86. The Labute approximate surface area is 89.3 Å². The normalized spacial score (nSPS) is 35.4. The molecule has 4 heteroatoms. The molecule has 1 aliphatic heterocycles. The number of carboxylic acid groups (broad SMARTS) is 1. The Bertz CT molecular complexity index is 290. The molecule has 0 bridgehead atoms. The second kappa shape index (κ2) is 3.83. The van der Waals surface area contributed by atoms with E-state index in [2.05, 4.69) is 0 Å². The van der Waals surface area contributed by atoms with Crippen LogP contribution in [0.5, 0.6) is 0 Å². The molecule has 1 heterocycles. The van der Waals surface area contributed by atoms with Crippen LogP contribution in [0.1, 0.15) is 32.1 Å². The Morgan fingerprint density at radius 1 is 1.53 bits per heavy atom. The van der Waals surface area contributed by atoms with Gasteiger partial charge in [-0.25, -0.2) is 0 Å². The van der Waals surface area contributed by atoms with Gasteiger partial charge in [0, 0.05) is 25.9 Å². The van der Waals surface area contributed by atoms with Gasteiger partial charge in [0.15, 0.2) is 0 Å². The first-order valence-corrected chi connectivity index (χ1v) is 5.55. The molecule has 1 amide bonds. The molecule has 1 saturated carbocycles. The molecule has 0 aromatic heterocycles. The lowest BCUT2D eigenvalue weighted by Gasteiger charge is -2.33. The van der Waals surface area contributed by atoms with Gasteiger partial charge in [0.25, 0.3) is 0 Å². The number of carboxylic acids is 1. The van der Waals surface area contributed by atoms with Crippen LogP contribution in [0.3, 0.4) is 0 Å². The number of nitrogens with zero attached hydrogens (tertiary/aromatic N) is 1. The number of likely N-dealkylation sites (tertiary alicyclic amines) is 1. The van der Waals surface area contributed by atoms with Crippen LogP contribution in [-0.4, -0.2) is 35.0 Å². The number of amides is 1. The average Bonchev–Trinajstić information content (AvgIpc) is 2.43. The topological polar surface area (TPSA) is 57.6 Å². The second-order valence-corrected chi connectivity index (χ2v) is 4.81. The zero-order valence-corrected chi connectivity index (χ0v) is 8.98. The van der Waals surface area contributed by atoms with Crippen molar-refractivity contribution in [3.8, 4) is 0 Å². The smallest absolute Gasteiger partial charge is 0.303 e. The van der Waals surface area contributed by atoms with Gasteiger partial charge in [-0.15, -0.1) is 0 Å². The molecule has 1 N–H and O–H groups in total. The van der Waals surface area contributed by atoms with Gasteiger partial charge in [-0.05, 0) is 31.1 Å². The van der Waals surface area contributed by atoms with Gasteiger partial charge in [-0.3, -0.25) is 9.59 Å². The summed E-state index contributed by atoms with van der Waals surface area (Å²) >= 11 is 0. The zero-order valence-electron chi connectivity index (χ0n) is 8.98. The fourth-order valence-corrected chi connectivity index (χ4v) is 2.99. The van der Waals surface area contributed by atoms with Crippen molar-refractivity contribution >= 4 is 11.9 Å². The molecule has 84 valence electrons. The maximum absolute atomic E-state index is 11.5. The van der Waals surface area contributed by atoms with Crippen molar-refractivity contribution in [1.29, 1.82) is 0 Å². The lowest BCUT2D eigenvalue weighted by atomic mass is 9.77. The molecule has 0 radical (unpaired) electrons. The molecule has 3 unspecified atom stereocenters. The van der Waals surface area contributed by atoms with E-state index >= 15 is 0 Å². The van der Waals surface area contributed by atoms with Gasteiger partial charge in [0.2, 0.25) is 5.91 Å². The van der Waals surface area contributed by atoms with Crippen molar-refractivity contribution < 1.29 is 14.7 Å². The Morgan fingerprint density at radius 3 is 2.93 bits per heavy atom. The predicted molar refractivity (Wildman–Crippen MR) is 54.3 cm³/mol. The number of carbonyl (C=O) groups excluding carboxylic acids is 1. The van der Waals surface area contributed by atoms with E-state index < -0.39 is 5.97 Å². The monoisotopic (exact) mass is 211 g/mol. The Morgan fingerprint density at radius 2 is 2.27 bits per heavy atom. The number of hydrogen-bond acceptors (Lipinski definition) is 2. The molecule has 2 aliphatic rings. The molecule has 0 aromatic carbocycles. The van der Waals surface area contributed by atoms with Crippen LogP contribution < -0.4 is 0 Å². The second-order valence-electron chi connectivity index (χ2n) is 4.81. The molecule has 1 saturated heterocycles. The van der Waals surface area contributed by atoms with Crippen molar-refractivity contribution in [2.45, 2.75) is 38.1 Å². The molecule has 0 aromatic rings. The van der Waals surface area contributed by atoms with Gasteiger partial charge in [0.05, 0.1) is 0 Å². The van der Waals surface area contributed by atoms with E-state index in [1.54, 1.807) is 0 Å². The number of aliphatic carboxylic acids is 1. The molecule has 1 aliphatic carbocycles. The van der Waals surface area contributed by atoms with Crippen molar-refractivity contribution in [2.24, 2.45) is 11.8 Å². The summed E-state index contributed by atoms with van der Waals surface area (Å²) in [6, 6.07) is 0.301. The summed E-state index contributed by atoms with van der Waals surface area (Å²) in [5.41, 5.74) is 0. The molecular formula is C11H17NO3. The van der Waals surface area contributed by atoms with Crippen LogP contribution in [0.2, 0.25) is 0 Å². The summed E-state index contributed by atoms with van der Waals surface area (Å²) in [6.07, 6.45) is 3.78. The van der Waals surface area contributed by atoms with Gasteiger partial charge in [-0.2, -0.15) is 0 Å². The molecule has 2 fully saturated rings. The zero-order chi connectivity index (χ0) is 11.0. The largest absolute Gasteiger partial charge is 0.481 e. The average molecular weight is 211 g/mol. The van der Waals surface area contributed by atoms with Gasteiger partial charge >= 0.3 is 5.97 Å². The van der Waals surface area contributed by atoms with E-state index in [9.17, 15) is 9.59 Å². The minimum absolute atomic E-state index is 0.223. The quantitative estimate of drug-likeness (QED) is 0.744. The highest BCUT2D eigenvalue weighted by atomic mass is 16.4. The maximum atomic E-state index is 11.5. The van der Waals surface area contributed by atoms with Crippen LogP contribution in [0.15, 0.2) is 0 Å². The Hall–Kier alpha value is -1.06. The minimum Gasteiger partial charge on any atom is -0.481 e. The van der Waals surface area contributed by atoms with Crippen LogP contribution >= 0.6 is 0 Å². The van der Waals surface area contributed by atoms with E-state index in [4.69, 9.17) is 5.11 Å². The molecule has 2 rings (SSSR count). The molecular weight excluding hydrogens is 194 g/mol. The predicted octanol–water partition coefficient (Wildman–Crippen LogP) is 1.11. The van der Waals surface area contributed by atoms with Gasteiger partial charge < -0.3 is 10.0 Å². The third-order valence-electron chi connectivity index (χ3n) is 3.86. The Kier molecular flexibility index (Phi) is 2.67. The van der Waals surface area contributed by atoms with Crippen LogP contribution in [0, 0.1) is 11.8 Å². The van der Waals surface area contributed by atoms with E-state index in [0.29, 0.717) is 18.4 Å². The highest BCUT2D eigenvalue weighted by molar-refractivity contribution is 5.79.